The zero-order chi connectivity index (χ0) is 23.0. The molecule has 1 aliphatic heterocycles. The van der Waals surface area contributed by atoms with Crippen molar-refractivity contribution in [2.75, 3.05) is 5.75 Å². The summed E-state index contributed by atoms with van der Waals surface area (Å²) in [5, 5.41) is 12.6. The smallest absolute Gasteiger partial charge is 0.318 e. The average molecular weight is 464 g/mol. The van der Waals surface area contributed by atoms with Crippen LogP contribution in [-0.4, -0.2) is 48.4 Å². The highest BCUT2D eigenvalue weighted by Crippen LogP contribution is 2.41. The second-order valence-electron chi connectivity index (χ2n) is 8.03. The van der Waals surface area contributed by atoms with Gasteiger partial charge in [-0.05, 0) is 37.5 Å². The number of hydrazine groups is 1. The lowest BCUT2D eigenvalue weighted by Gasteiger charge is -2.22. The molecule has 168 valence electrons. The third kappa shape index (κ3) is 3.95. The number of amides is 4. The Balaban J connectivity index is 1.27. The molecular formula is C22H21N7O3S. The van der Waals surface area contributed by atoms with Gasteiger partial charge in [0, 0.05) is 24.0 Å². The summed E-state index contributed by atoms with van der Waals surface area (Å²) in [6, 6.07) is 12.3. The van der Waals surface area contributed by atoms with Gasteiger partial charge in [-0.15, -0.1) is 10.2 Å². The minimum Gasteiger partial charge on any atom is -0.318 e. The Morgan fingerprint density at radius 3 is 2.67 bits per heavy atom. The first-order valence-corrected chi connectivity index (χ1v) is 11.5. The molecule has 1 aliphatic carbocycles. The summed E-state index contributed by atoms with van der Waals surface area (Å²) in [6.07, 6.45) is 5.46. The highest BCUT2D eigenvalue weighted by atomic mass is 32.2. The summed E-state index contributed by atoms with van der Waals surface area (Å²) in [6.45, 7) is 1.61. The fourth-order valence-electron chi connectivity index (χ4n) is 3.72. The number of imide groups is 1. The van der Waals surface area contributed by atoms with E-state index in [0.29, 0.717) is 22.6 Å². The van der Waals surface area contributed by atoms with E-state index in [0.717, 1.165) is 23.4 Å². The van der Waals surface area contributed by atoms with Gasteiger partial charge in [-0.3, -0.25) is 24.6 Å². The van der Waals surface area contributed by atoms with E-state index in [-0.39, 0.29) is 5.75 Å². The first-order valence-electron chi connectivity index (χ1n) is 10.5. The largest absolute Gasteiger partial charge is 0.344 e. The Morgan fingerprint density at radius 1 is 1.18 bits per heavy atom. The third-order valence-corrected chi connectivity index (χ3v) is 6.55. The number of pyridine rings is 1. The molecule has 10 nitrogen and oxygen atoms in total. The summed E-state index contributed by atoms with van der Waals surface area (Å²) in [4.78, 5) is 42.1. The maximum absolute atomic E-state index is 12.9. The zero-order valence-corrected chi connectivity index (χ0v) is 18.6. The highest BCUT2D eigenvalue weighted by Gasteiger charge is 2.50. The number of hydrogen-bond acceptors (Lipinski definition) is 7. The topological polar surface area (TPSA) is 122 Å². The lowest BCUT2D eigenvalue weighted by atomic mass is 9.92. The quantitative estimate of drug-likeness (QED) is 0.407. The van der Waals surface area contributed by atoms with Gasteiger partial charge >= 0.3 is 6.03 Å². The van der Waals surface area contributed by atoms with Gasteiger partial charge in [-0.25, -0.2) is 4.79 Å². The Kier molecular flexibility index (Phi) is 5.33. The van der Waals surface area contributed by atoms with Crippen molar-refractivity contribution in [1.29, 1.82) is 0 Å². The molecule has 2 N–H and O–H groups in total. The number of hydrogen-bond donors (Lipinski definition) is 2. The molecule has 4 amide bonds. The van der Waals surface area contributed by atoms with Crippen molar-refractivity contribution in [2.45, 2.75) is 36.5 Å². The van der Waals surface area contributed by atoms with E-state index in [1.54, 1.807) is 43.6 Å². The number of aromatic nitrogens is 4. The molecule has 5 rings (SSSR count). The number of urea groups is 1. The summed E-state index contributed by atoms with van der Waals surface area (Å²) >= 11 is 1.21. The van der Waals surface area contributed by atoms with Gasteiger partial charge in [0.15, 0.2) is 11.0 Å². The van der Waals surface area contributed by atoms with E-state index in [2.05, 4.69) is 25.9 Å². The van der Waals surface area contributed by atoms with Crippen molar-refractivity contribution >= 4 is 29.6 Å². The second-order valence-corrected chi connectivity index (χ2v) is 8.98. The molecule has 2 aliphatic rings. The minimum absolute atomic E-state index is 0.0307. The molecule has 1 atom stereocenters. The average Bonchev–Trinajstić information content (AvgIpc) is 3.55. The van der Waals surface area contributed by atoms with Crippen LogP contribution < -0.4 is 10.7 Å². The summed E-state index contributed by atoms with van der Waals surface area (Å²) < 4.78 is 2.02. The molecule has 0 spiro atoms. The van der Waals surface area contributed by atoms with Crippen LogP contribution in [0.25, 0.3) is 11.4 Å². The molecule has 2 fully saturated rings. The number of benzene rings is 1. The molecule has 11 heteroatoms. The number of nitrogens with one attached hydrogen (secondary N) is 2. The lowest BCUT2D eigenvalue weighted by Crippen LogP contribution is -2.48. The Labute approximate surface area is 193 Å². The number of carbonyl (C=O) groups is 3. The zero-order valence-electron chi connectivity index (χ0n) is 17.8. The molecule has 2 aromatic heterocycles. The van der Waals surface area contributed by atoms with Gasteiger partial charge in [-0.1, -0.05) is 42.1 Å². The van der Waals surface area contributed by atoms with Crippen LogP contribution >= 0.6 is 11.8 Å². The predicted octanol–water partition coefficient (Wildman–Crippen LogP) is 2.27. The van der Waals surface area contributed by atoms with Gasteiger partial charge in [0.05, 0.1) is 5.75 Å². The van der Waals surface area contributed by atoms with E-state index < -0.39 is 23.4 Å². The van der Waals surface area contributed by atoms with E-state index in [1.807, 2.05) is 22.8 Å². The van der Waals surface area contributed by atoms with Crippen molar-refractivity contribution < 1.29 is 14.4 Å². The standard InChI is InChI=1S/C22H21N7O3S/c1-22(15-7-3-2-4-8-15)19(31)29(20(32)24-22)27-17(30)13-33-21-26-25-18(28(21)16-9-10-16)14-6-5-11-23-12-14/h2-8,11-12,16H,9-10,13H2,1H3,(H,24,32)(H,27,30)/t22-/m1/s1. The van der Waals surface area contributed by atoms with E-state index >= 15 is 0 Å². The van der Waals surface area contributed by atoms with Gasteiger partial charge < -0.3 is 5.32 Å². The van der Waals surface area contributed by atoms with Crippen molar-refractivity contribution in [3.63, 3.8) is 0 Å². The van der Waals surface area contributed by atoms with Gasteiger partial charge in [0.2, 0.25) is 5.91 Å². The Bertz CT molecular complexity index is 1210. The van der Waals surface area contributed by atoms with E-state index in [9.17, 15) is 14.4 Å². The first kappa shape index (κ1) is 21.1. The lowest BCUT2D eigenvalue weighted by molar-refractivity contribution is -0.138. The second kappa shape index (κ2) is 8.32. The fourth-order valence-corrected chi connectivity index (χ4v) is 4.52. The van der Waals surface area contributed by atoms with Gasteiger partial charge in [0.1, 0.15) is 5.54 Å². The molecule has 1 aromatic carbocycles. The number of nitrogens with zero attached hydrogens (tertiary/aromatic N) is 5. The van der Waals surface area contributed by atoms with E-state index in [4.69, 9.17) is 0 Å². The van der Waals surface area contributed by atoms with Crippen LogP contribution in [0.4, 0.5) is 4.79 Å². The first-order chi connectivity index (χ1) is 16.0. The molecule has 33 heavy (non-hydrogen) atoms. The maximum atomic E-state index is 12.9. The number of thioether (sulfide) groups is 1. The molecule has 3 heterocycles. The summed E-state index contributed by atoms with van der Waals surface area (Å²) in [5.74, 6) is -0.357. The van der Waals surface area contributed by atoms with Crippen LogP contribution in [0.15, 0.2) is 60.0 Å². The highest BCUT2D eigenvalue weighted by molar-refractivity contribution is 7.99. The molecule has 0 radical (unpaired) electrons. The summed E-state index contributed by atoms with van der Waals surface area (Å²) in [7, 11) is 0. The Hall–Kier alpha value is -3.73. The fraction of sp³-hybridized carbons (Fsp3) is 0.273. The van der Waals surface area contributed by atoms with Crippen molar-refractivity contribution in [1.82, 2.24) is 35.5 Å². The van der Waals surface area contributed by atoms with Crippen LogP contribution in [0, 0.1) is 0 Å². The monoisotopic (exact) mass is 463 g/mol. The molecule has 0 bridgehead atoms. The van der Waals surface area contributed by atoms with Crippen molar-refractivity contribution in [2.24, 2.45) is 0 Å². The predicted molar refractivity (Wildman–Crippen MR) is 120 cm³/mol. The maximum Gasteiger partial charge on any atom is 0.344 e. The third-order valence-electron chi connectivity index (χ3n) is 5.61. The molecular weight excluding hydrogens is 442 g/mol. The van der Waals surface area contributed by atoms with E-state index in [1.165, 1.54) is 11.8 Å². The van der Waals surface area contributed by atoms with Crippen LogP contribution in [0.3, 0.4) is 0 Å². The summed E-state index contributed by atoms with van der Waals surface area (Å²) in [5.41, 5.74) is 2.66. The number of rotatable bonds is 7. The molecule has 3 aromatic rings. The van der Waals surface area contributed by atoms with Crippen molar-refractivity contribution in [3.05, 3.63) is 60.4 Å². The van der Waals surface area contributed by atoms with Crippen molar-refractivity contribution in [3.8, 4) is 11.4 Å². The van der Waals surface area contributed by atoms with Crippen LogP contribution in [-0.2, 0) is 15.1 Å². The number of carbonyl (C=O) groups excluding carboxylic acids is 3. The minimum atomic E-state index is -1.25. The van der Waals surface area contributed by atoms with Crippen LogP contribution in [0.5, 0.6) is 0 Å². The Morgan fingerprint density at radius 2 is 1.97 bits per heavy atom. The molecule has 1 saturated carbocycles. The SMILES string of the molecule is C[C@]1(c2ccccc2)NC(=O)N(NC(=O)CSc2nnc(-c3cccnc3)n2C2CC2)C1=O. The van der Waals surface area contributed by atoms with Crippen LogP contribution in [0.1, 0.15) is 31.4 Å². The van der Waals surface area contributed by atoms with Crippen LogP contribution in [0.2, 0.25) is 0 Å². The molecule has 0 unspecified atom stereocenters. The normalized spacial score (nSPS) is 20.1. The van der Waals surface area contributed by atoms with Gasteiger partial charge in [0.25, 0.3) is 5.91 Å². The molecule has 1 saturated heterocycles. The van der Waals surface area contributed by atoms with Gasteiger partial charge in [-0.2, -0.15) is 5.01 Å².